The molecule has 1 heterocycles. The zero-order valence-electron chi connectivity index (χ0n) is 6.70. The number of amides is 1. The molecule has 0 saturated heterocycles. The fraction of sp³-hybridized carbons (Fsp3) is 0.375. The highest BCUT2D eigenvalue weighted by Gasteiger charge is 2.09. The van der Waals surface area contributed by atoms with Crippen LogP contribution in [0.2, 0.25) is 0 Å². The van der Waals surface area contributed by atoms with Gasteiger partial charge in [-0.25, -0.2) is 0 Å². The van der Waals surface area contributed by atoms with Crippen LogP contribution in [-0.2, 0) is 0 Å². The number of hydrogen-bond donors (Lipinski definition) is 0. The molecule has 1 amide bonds. The Bertz CT molecular complexity index is 228. The molecule has 0 spiro atoms. The quantitative estimate of drug-likeness (QED) is 0.643. The minimum absolute atomic E-state index is 0.00116. The van der Waals surface area contributed by atoms with E-state index in [0.29, 0.717) is 12.1 Å². The summed E-state index contributed by atoms with van der Waals surface area (Å²) in [6.07, 6.45) is 2.95. The van der Waals surface area contributed by atoms with E-state index >= 15 is 0 Å². The van der Waals surface area contributed by atoms with E-state index in [0.717, 1.165) is 0 Å². The number of carbonyl (C=O) groups excluding carboxylic acids is 1. The van der Waals surface area contributed by atoms with E-state index in [-0.39, 0.29) is 5.91 Å². The Morgan fingerprint density at radius 1 is 1.73 bits per heavy atom. The summed E-state index contributed by atoms with van der Waals surface area (Å²) in [5.74, 6) is 0.00116. The van der Waals surface area contributed by atoms with Crippen molar-refractivity contribution in [2.24, 2.45) is 0 Å². The monoisotopic (exact) mass is 153 g/mol. The van der Waals surface area contributed by atoms with Crippen LogP contribution in [0.25, 0.3) is 0 Å². The lowest BCUT2D eigenvalue weighted by molar-refractivity contribution is 0.0802. The lowest BCUT2D eigenvalue weighted by atomic mass is 10.3. The van der Waals surface area contributed by atoms with E-state index in [1.807, 2.05) is 6.92 Å². The number of rotatable bonds is 2. The molecule has 0 unspecified atom stereocenters. The smallest absolute Gasteiger partial charge is 0.256 e. The highest BCUT2D eigenvalue weighted by atomic mass is 16.3. The Labute approximate surface area is 65.6 Å². The molecule has 0 aliphatic heterocycles. The van der Waals surface area contributed by atoms with Crippen LogP contribution in [0, 0.1) is 0 Å². The fourth-order valence-corrected chi connectivity index (χ4v) is 0.750. The molecule has 0 atom stereocenters. The van der Waals surface area contributed by atoms with E-state index in [1.54, 1.807) is 18.0 Å². The van der Waals surface area contributed by atoms with Crippen LogP contribution in [-0.4, -0.2) is 24.4 Å². The highest BCUT2D eigenvalue weighted by molar-refractivity contribution is 5.93. The van der Waals surface area contributed by atoms with Gasteiger partial charge in [-0.05, 0) is 13.0 Å². The molecule has 3 heteroatoms. The first-order valence-electron chi connectivity index (χ1n) is 3.53. The van der Waals surface area contributed by atoms with Crippen molar-refractivity contribution in [2.75, 3.05) is 13.6 Å². The van der Waals surface area contributed by atoms with Crippen LogP contribution in [0.15, 0.2) is 23.0 Å². The Hall–Kier alpha value is -1.25. The van der Waals surface area contributed by atoms with Gasteiger partial charge in [0.15, 0.2) is 0 Å². The van der Waals surface area contributed by atoms with Gasteiger partial charge in [-0.1, -0.05) is 0 Å². The molecule has 0 radical (unpaired) electrons. The van der Waals surface area contributed by atoms with Gasteiger partial charge in [0.05, 0.1) is 11.8 Å². The molecule has 1 rings (SSSR count). The highest BCUT2D eigenvalue weighted by Crippen LogP contribution is 2.02. The molecule has 1 aromatic rings. The van der Waals surface area contributed by atoms with Crippen molar-refractivity contribution in [3.05, 3.63) is 24.2 Å². The van der Waals surface area contributed by atoms with Gasteiger partial charge in [0.25, 0.3) is 5.91 Å². The predicted molar refractivity (Wildman–Crippen MR) is 41.3 cm³/mol. The van der Waals surface area contributed by atoms with E-state index in [1.165, 1.54) is 12.5 Å². The first kappa shape index (κ1) is 7.85. The number of hydrogen-bond acceptors (Lipinski definition) is 2. The summed E-state index contributed by atoms with van der Waals surface area (Å²) >= 11 is 0. The van der Waals surface area contributed by atoms with E-state index < -0.39 is 0 Å². The molecular weight excluding hydrogens is 142 g/mol. The molecule has 0 aliphatic carbocycles. The molecule has 0 aromatic carbocycles. The maximum absolute atomic E-state index is 11.3. The summed E-state index contributed by atoms with van der Waals surface area (Å²) in [7, 11) is 1.76. The van der Waals surface area contributed by atoms with Gasteiger partial charge in [0.1, 0.15) is 6.26 Å². The molecule has 3 nitrogen and oxygen atoms in total. The number of nitrogens with zero attached hydrogens (tertiary/aromatic N) is 1. The van der Waals surface area contributed by atoms with Gasteiger partial charge in [-0.15, -0.1) is 0 Å². The summed E-state index contributed by atoms with van der Waals surface area (Å²) in [6, 6.07) is 1.66. The lowest BCUT2D eigenvalue weighted by Crippen LogP contribution is -2.25. The van der Waals surface area contributed by atoms with Crippen molar-refractivity contribution in [3.63, 3.8) is 0 Å². The second kappa shape index (κ2) is 3.23. The van der Waals surface area contributed by atoms with Crippen molar-refractivity contribution >= 4 is 5.91 Å². The van der Waals surface area contributed by atoms with Crippen molar-refractivity contribution in [1.82, 2.24) is 4.90 Å². The largest absolute Gasteiger partial charge is 0.472 e. The van der Waals surface area contributed by atoms with Crippen molar-refractivity contribution in [2.45, 2.75) is 6.92 Å². The minimum atomic E-state index is 0.00116. The summed E-state index contributed by atoms with van der Waals surface area (Å²) < 4.78 is 4.78. The summed E-state index contributed by atoms with van der Waals surface area (Å²) in [6.45, 7) is 2.64. The van der Waals surface area contributed by atoms with Crippen LogP contribution >= 0.6 is 0 Å². The number of carbonyl (C=O) groups is 1. The molecule has 1 aromatic heterocycles. The van der Waals surface area contributed by atoms with Crippen LogP contribution in [0.3, 0.4) is 0 Å². The maximum atomic E-state index is 11.3. The standard InChI is InChI=1S/C8H11NO2/c1-3-9(2)8(10)7-4-5-11-6-7/h4-6H,3H2,1-2H3. The van der Waals surface area contributed by atoms with Gasteiger partial charge < -0.3 is 9.32 Å². The predicted octanol–water partition coefficient (Wildman–Crippen LogP) is 1.37. The average molecular weight is 153 g/mol. The van der Waals surface area contributed by atoms with Gasteiger partial charge in [-0.2, -0.15) is 0 Å². The Balaban J connectivity index is 2.70. The summed E-state index contributed by atoms with van der Waals surface area (Å²) in [5.41, 5.74) is 0.606. The topological polar surface area (TPSA) is 33.5 Å². The lowest BCUT2D eigenvalue weighted by Gasteiger charge is -2.11. The van der Waals surface area contributed by atoms with E-state index in [2.05, 4.69) is 0 Å². The third-order valence-electron chi connectivity index (χ3n) is 1.59. The first-order chi connectivity index (χ1) is 5.25. The van der Waals surface area contributed by atoms with E-state index in [9.17, 15) is 4.79 Å². The minimum Gasteiger partial charge on any atom is -0.472 e. The Morgan fingerprint density at radius 2 is 2.45 bits per heavy atom. The van der Waals surface area contributed by atoms with Crippen LogP contribution in [0.1, 0.15) is 17.3 Å². The molecule has 60 valence electrons. The van der Waals surface area contributed by atoms with Gasteiger partial charge >= 0.3 is 0 Å². The van der Waals surface area contributed by atoms with Gasteiger partial charge in [0.2, 0.25) is 0 Å². The SMILES string of the molecule is CCN(C)C(=O)c1ccoc1. The van der Waals surface area contributed by atoms with Crippen LogP contribution in [0.4, 0.5) is 0 Å². The van der Waals surface area contributed by atoms with Crippen LogP contribution < -0.4 is 0 Å². The van der Waals surface area contributed by atoms with Gasteiger partial charge in [0, 0.05) is 13.6 Å². The summed E-state index contributed by atoms with van der Waals surface area (Å²) in [5, 5.41) is 0. The van der Waals surface area contributed by atoms with Gasteiger partial charge in [-0.3, -0.25) is 4.79 Å². The molecule has 0 fully saturated rings. The molecule has 0 aliphatic rings. The van der Waals surface area contributed by atoms with Crippen molar-refractivity contribution in [3.8, 4) is 0 Å². The van der Waals surface area contributed by atoms with Crippen LogP contribution in [0.5, 0.6) is 0 Å². The van der Waals surface area contributed by atoms with Crippen molar-refractivity contribution in [1.29, 1.82) is 0 Å². The second-order valence-electron chi connectivity index (χ2n) is 2.33. The first-order valence-corrected chi connectivity index (χ1v) is 3.53. The van der Waals surface area contributed by atoms with E-state index in [4.69, 9.17) is 4.42 Å². The molecule has 11 heavy (non-hydrogen) atoms. The molecule has 0 N–H and O–H groups in total. The summed E-state index contributed by atoms with van der Waals surface area (Å²) in [4.78, 5) is 12.9. The van der Waals surface area contributed by atoms with Crippen molar-refractivity contribution < 1.29 is 9.21 Å². The maximum Gasteiger partial charge on any atom is 0.256 e. The second-order valence-corrected chi connectivity index (χ2v) is 2.33. The average Bonchev–Trinajstić information content (AvgIpc) is 2.53. The Kier molecular flexibility index (Phi) is 2.31. The number of furan rings is 1. The molecular formula is C8H11NO2. The normalized spacial score (nSPS) is 9.64. The third kappa shape index (κ3) is 1.61. The Morgan fingerprint density at radius 3 is 2.91 bits per heavy atom. The molecule has 0 saturated carbocycles. The zero-order valence-corrected chi connectivity index (χ0v) is 6.70. The zero-order chi connectivity index (χ0) is 8.27. The third-order valence-corrected chi connectivity index (χ3v) is 1.59. The fourth-order valence-electron chi connectivity index (χ4n) is 0.750. The molecule has 0 bridgehead atoms.